The molecular weight excluding hydrogens is 360 g/mol. The summed E-state index contributed by atoms with van der Waals surface area (Å²) in [6.07, 6.45) is -3.24. The van der Waals surface area contributed by atoms with E-state index in [1.54, 1.807) is 7.11 Å². The second-order valence-electron chi connectivity index (χ2n) is 6.74. The average Bonchev–Trinajstić information content (AvgIpc) is 2.73. The minimum atomic E-state index is -1.12. The SMILES string of the molecule is COC[C@H]1O[C@H](O)[C@H](OC)[C@@H](OCc2ccccc2)[C@@H]1OCc1ccccc1. The Labute approximate surface area is 165 Å². The van der Waals surface area contributed by atoms with E-state index < -0.39 is 30.7 Å². The molecule has 0 unspecified atom stereocenters. The van der Waals surface area contributed by atoms with Gasteiger partial charge in [0, 0.05) is 14.2 Å². The van der Waals surface area contributed by atoms with E-state index in [1.807, 2.05) is 60.7 Å². The number of aliphatic hydroxyl groups is 1. The normalized spacial score (nSPS) is 27.6. The summed E-state index contributed by atoms with van der Waals surface area (Å²) in [5.41, 5.74) is 2.07. The van der Waals surface area contributed by atoms with Gasteiger partial charge in [0.15, 0.2) is 6.29 Å². The lowest BCUT2D eigenvalue weighted by Crippen LogP contribution is -2.60. The zero-order valence-electron chi connectivity index (χ0n) is 16.3. The molecular formula is C22H28O6. The highest BCUT2D eigenvalue weighted by Gasteiger charge is 2.47. The number of aliphatic hydroxyl groups excluding tert-OH is 1. The topological polar surface area (TPSA) is 66.4 Å². The maximum atomic E-state index is 10.4. The Hall–Kier alpha value is -1.80. The van der Waals surface area contributed by atoms with Gasteiger partial charge in [0.25, 0.3) is 0 Å². The van der Waals surface area contributed by atoms with Crippen LogP contribution in [0.2, 0.25) is 0 Å². The first-order valence-electron chi connectivity index (χ1n) is 9.39. The number of hydrogen-bond donors (Lipinski definition) is 1. The van der Waals surface area contributed by atoms with Crippen LogP contribution < -0.4 is 0 Å². The molecule has 2 aromatic rings. The summed E-state index contributed by atoms with van der Waals surface area (Å²) in [5, 5.41) is 10.4. The molecule has 3 rings (SSSR count). The van der Waals surface area contributed by atoms with Gasteiger partial charge in [-0.1, -0.05) is 60.7 Å². The van der Waals surface area contributed by atoms with Gasteiger partial charge in [0.1, 0.15) is 24.4 Å². The van der Waals surface area contributed by atoms with Crippen LogP contribution in [0.3, 0.4) is 0 Å². The molecule has 0 aromatic heterocycles. The van der Waals surface area contributed by atoms with E-state index in [4.69, 9.17) is 23.7 Å². The minimum absolute atomic E-state index is 0.276. The van der Waals surface area contributed by atoms with Crippen molar-refractivity contribution in [3.05, 3.63) is 71.8 Å². The van der Waals surface area contributed by atoms with Gasteiger partial charge in [-0.15, -0.1) is 0 Å². The van der Waals surface area contributed by atoms with Crippen molar-refractivity contribution in [2.45, 2.75) is 43.9 Å². The van der Waals surface area contributed by atoms with Crippen LogP contribution >= 0.6 is 0 Å². The molecule has 6 heteroatoms. The lowest BCUT2D eigenvalue weighted by atomic mass is 9.98. The summed E-state index contributed by atoms with van der Waals surface area (Å²) < 4.78 is 28.9. The predicted molar refractivity (Wildman–Crippen MR) is 104 cm³/mol. The molecule has 152 valence electrons. The molecule has 0 amide bonds. The Morgan fingerprint density at radius 2 is 1.32 bits per heavy atom. The van der Waals surface area contributed by atoms with Crippen molar-refractivity contribution in [2.75, 3.05) is 20.8 Å². The Balaban J connectivity index is 1.76. The van der Waals surface area contributed by atoms with Gasteiger partial charge in [-0.25, -0.2) is 0 Å². The van der Waals surface area contributed by atoms with Crippen molar-refractivity contribution in [1.82, 2.24) is 0 Å². The molecule has 0 saturated carbocycles. The Kier molecular flexibility index (Phi) is 7.97. The van der Waals surface area contributed by atoms with E-state index in [1.165, 1.54) is 7.11 Å². The first-order valence-corrected chi connectivity index (χ1v) is 9.39. The van der Waals surface area contributed by atoms with E-state index >= 15 is 0 Å². The maximum Gasteiger partial charge on any atom is 0.184 e. The highest BCUT2D eigenvalue weighted by Crippen LogP contribution is 2.28. The third-order valence-electron chi connectivity index (χ3n) is 4.78. The summed E-state index contributed by atoms with van der Waals surface area (Å²) in [6.45, 7) is 1.05. The molecule has 0 bridgehead atoms. The van der Waals surface area contributed by atoms with E-state index in [9.17, 15) is 5.11 Å². The van der Waals surface area contributed by atoms with E-state index in [2.05, 4.69) is 0 Å². The van der Waals surface area contributed by atoms with Crippen LogP contribution in [-0.4, -0.2) is 56.6 Å². The van der Waals surface area contributed by atoms with Crippen molar-refractivity contribution in [3.8, 4) is 0 Å². The van der Waals surface area contributed by atoms with Crippen molar-refractivity contribution in [2.24, 2.45) is 0 Å². The van der Waals surface area contributed by atoms with Crippen LogP contribution in [0.25, 0.3) is 0 Å². The van der Waals surface area contributed by atoms with Gasteiger partial charge in [0.05, 0.1) is 19.8 Å². The fourth-order valence-corrected chi connectivity index (χ4v) is 3.37. The van der Waals surface area contributed by atoms with Crippen LogP contribution in [0.1, 0.15) is 11.1 Å². The molecule has 1 saturated heterocycles. The largest absolute Gasteiger partial charge is 0.382 e. The Bertz CT molecular complexity index is 680. The second-order valence-corrected chi connectivity index (χ2v) is 6.74. The highest BCUT2D eigenvalue weighted by molar-refractivity contribution is 5.14. The molecule has 0 spiro atoms. The summed E-state index contributed by atoms with van der Waals surface area (Å²) in [7, 11) is 3.12. The summed E-state index contributed by atoms with van der Waals surface area (Å²) in [4.78, 5) is 0. The lowest BCUT2D eigenvalue weighted by Gasteiger charge is -2.43. The van der Waals surface area contributed by atoms with Crippen LogP contribution in [-0.2, 0) is 36.9 Å². The van der Waals surface area contributed by atoms with Crippen LogP contribution in [0.5, 0.6) is 0 Å². The molecule has 0 radical (unpaired) electrons. The van der Waals surface area contributed by atoms with Gasteiger partial charge >= 0.3 is 0 Å². The zero-order valence-corrected chi connectivity index (χ0v) is 16.3. The van der Waals surface area contributed by atoms with Crippen LogP contribution in [0.4, 0.5) is 0 Å². The van der Waals surface area contributed by atoms with Crippen molar-refractivity contribution < 1.29 is 28.8 Å². The fraction of sp³-hybridized carbons (Fsp3) is 0.455. The van der Waals surface area contributed by atoms with Gasteiger partial charge in [-0.05, 0) is 11.1 Å². The first-order chi connectivity index (χ1) is 13.7. The van der Waals surface area contributed by atoms with Crippen LogP contribution in [0, 0.1) is 0 Å². The molecule has 1 aliphatic heterocycles. The lowest BCUT2D eigenvalue weighted by molar-refractivity contribution is -0.310. The van der Waals surface area contributed by atoms with Gasteiger partial charge in [0.2, 0.25) is 0 Å². The molecule has 5 atom stereocenters. The molecule has 1 fully saturated rings. The van der Waals surface area contributed by atoms with Crippen molar-refractivity contribution in [1.29, 1.82) is 0 Å². The minimum Gasteiger partial charge on any atom is -0.382 e. The quantitative estimate of drug-likeness (QED) is 0.712. The first kappa shape index (κ1) is 20.9. The van der Waals surface area contributed by atoms with Gasteiger partial charge in [-0.3, -0.25) is 0 Å². The molecule has 1 N–H and O–H groups in total. The van der Waals surface area contributed by atoms with Crippen molar-refractivity contribution >= 4 is 0 Å². The molecule has 28 heavy (non-hydrogen) atoms. The molecule has 1 aliphatic rings. The number of ether oxygens (including phenoxy) is 5. The second kappa shape index (κ2) is 10.7. The van der Waals surface area contributed by atoms with Crippen LogP contribution in [0.15, 0.2) is 60.7 Å². The van der Waals surface area contributed by atoms with Gasteiger partial charge < -0.3 is 28.8 Å². The zero-order chi connectivity index (χ0) is 19.8. The summed E-state index contributed by atoms with van der Waals surface area (Å²) in [6, 6.07) is 19.7. The third kappa shape index (κ3) is 5.38. The molecule has 2 aromatic carbocycles. The fourth-order valence-electron chi connectivity index (χ4n) is 3.37. The van der Waals surface area contributed by atoms with E-state index in [-0.39, 0.29) is 6.61 Å². The predicted octanol–water partition coefficient (Wildman–Crippen LogP) is 2.54. The van der Waals surface area contributed by atoms with E-state index in [0.29, 0.717) is 13.2 Å². The number of rotatable bonds is 9. The molecule has 6 nitrogen and oxygen atoms in total. The number of hydrogen-bond acceptors (Lipinski definition) is 6. The summed E-state index contributed by atoms with van der Waals surface area (Å²) in [5.74, 6) is 0. The Morgan fingerprint density at radius 3 is 1.82 bits per heavy atom. The molecule has 1 heterocycles. The molecule has 0 aliphatic carbocycles. The summed E-state index contributed by atoms with van der Waals surface area (Å²) >= 11 is 0. The van der Waals surface area contributed by atoms with Crippen molar-refractivity contribution in [3.63, 3.8) is 0 Å². The van der Waals surface area contributed by atoms with E-state index in [0.717, 1.165) is 11.1 Å². The third-order valence-corrected chi connectivity index (χ3v) is 4.78. The number of methoxy groups -OCH3 is 2. The van der Waals surface area contributed by atoms with Gasteiger partial charge in [-0.2, -0.15) is 0 Å². The Morgan fingerprint density at radius 1 is 0.786 bits per heavy atom. The standard InChI is InChI=1S/C22H28O6/c1-24-15-18-19(26-13-16-9-5-3-6-10-16)20(21(25-2)22(23)28-18)27-14-17-11-7-4-8-12-17/h3-12,18-23H,13-15H2,1-2H3/t18-,19-,20+,21-,22+/m1/s1. The number of benzene rings is 2. The maximum absolute atomic E-state index is 10.4. The monoisotopic (exact) mass is 388 g/mol. The average molecular weight is 388 g/mol. The highest BCUT2D eigenvalue weighted by atomic mass is 16.7. The smallest absolute Gasteiger partial charge is 0.184 e.